The molecule has 1 unspecified atom stereocenters. The predicted octanol–water partition coefficient (Wildman–Crippen LogP) is 3.07. The highest BCUT2D eigenvalue weighted by Crippen LogP contribution is 2.21. The van der Waals surface area contributed by atoms with Gasteiger partial charge in [-0.25, -0.2) is 4.98 Å². The number of benzene rings is 1. The van der Waals surface area contributed by atoms with Gasteiger partial charge in [-0.2, -0.15) is 0 Å². The van der Waals surface area contributed by atoms with Crippen molar-refractivity contribution in [1.82, 2.24) is 19.8 Å². The Hall–Kier alpha value is -1.83. The maximum absolute atomic E-state index is 13.0. The van der Waals surface area contributed by atoms with Gasteiger partial charge in [0.25, 0.3) is 5.91 Å². The van der Waals surface area contributed by atoms with E-state index in [2.05, 4.69) is 29.0 Å². The van der Waals surface area contributed by atoms with Crippen LogP contribution in [0.25, 0.3) is 5.69 Å². The average molecular weight is 403 g/mol. The second kappa shape index (κ2) is 10.1. The van der Waals surface area contributed by atoms with E-state index in [1.165, 1.54) is 11.8 Å². The largest absolute Gasteiger partial charge is 0.379 e. The van der Waals surface area contributed by atoms with Crippen molar-refractivity contribution >= 4 is 17.7 Å². The van der Waals surface area contributed by atoms with Crippen molar-refractivity contribution in [3.05, 3.63) is 42.2 Å². The van der Waals surface area contributed by atoms with Crippen molar-refractivity contribution in [3.8, 4) is 5.69 Å². The van der Waals surface area contributed by atoms with Crippen molar-refractivity contribution in [2.45, 2.75) is 31.5 Å². The van der Waals surface area contributed by atoms with Crippen LogP contribution in [0.4, 0.5) is 0 Å². The summed E-state index contributed by atoms with van der Waals surface area (Å²) >= 11 is 1.53. The van der Waals surface area contributed by atoms with Crippen LogP contribution in [-0.4, -0.2) is 65.5 Å². The molecule has 28 heavy (non-hydrogen) atoms. The van der Waals surface area contributed by atoms with Crippen molar-refractivity contribution in [2.75, 3.05) is 39.1 Å². The molecular weight excluding hydrogens is 372 g/mol. The highest BCUT2D eigenvalue weighted by atomic mass is 32.2. The van der Waals surface area contributed by atoms with E-state index in [1.807, 2.05) is 41.2 Å². The van der Waals surface area contributed by atoms with E-state index in [4.69, 9.17) is 4.74 Å². The monoisotopic (exact) mass is 402 g/mol. The number of thioether (sulfide) groups is 1. The minimum atomic E-state index is -0.0846. The fraction of sp³-hybridized carbons (Fsp3) is 0.524. The number of carbonyl (C=O) groups excluding carboxylic acids is 1. The van der Waals surface area contributed by atoms with E-state index in [1.54, 1.807) is 6.20 Å². The van der Waals surface area contributed by atoms with Gasteiger partial charge in [-0.05, 0) is 30.7 Å². The maximum Gasteiger partial charge on any atom is 0.270 e. The van der Waals surface area contributed by atoms with Gasteiger partial charge in [0.15, 0.2) is 5.16 Å². The SMILES string of the molecule is CSc1ncc(C(=O)NCC(CC(C)C)N2CCOCC2)n1-c1ccccc1. The third kappa shape index (κ3) is 5.16. The number of morpholine rings is 1. The van der Waals surface area contributed by atoms with E-state index < -0.39 is 0 Å². The molecule has 1 aliphatic heterocycles. The lowest BCUT2D eigenvalue weighted by atomic mass is 10.0. The van der Waals surface area contributed by atoms with E-state index in [9.17, 15) is 4.79 Å². The second-order valence-electron chi connectivity index (χ2n) is 7.44. The number of ether oxygens (including phenoxy) is 1. The van der Waals surface area contributed by atoms with Gasteiger partial charge in [-0.1, -0.05) is 43.8 Å². The van der Waals surface area contributed by atoms with Crippen LogP contribution in [0.15, 0.2) is 41.7 Å². The molecule has 0 saturated carbocycles. The number of aromatic nitrogens is 2. The zero-order chi connectivity index (χ0) is 19.9. The molecule has 2 aromatic rings. The first-order valence-corrected chi connectivity index (χ1v) is 11.1. The summed E-state index contributed by atoms with van der Waals surface area (Å²) in [4.78, 5) is 19.9. The normalized spacial score (nSPS) is 16.3. The molecule has 1 aliphatic rings. The highest BCUT2D eigenvalue weighted by Gasteiger charge is 2.24. The van der Waals surface area contributed by atoms with Crippen molar-refractivity contribution < 1.29 is 9.53 Å². The molecule has 0 bridgehead atoms. The molecule has 1 amide bonds. The first-order chi connectivity index (χ1) is 13.6. The molecular formula is C21H30N4O2S. The summed E-state index contributed by atoms with van der Waals surface area (Å²) in [5, 5.41) is 3.97. The number of hydrogen-bond acceptors (Lipinski definition) is 5. The van der Waals surface area contributed by atoms with Crippen molar-refractivity contribution in [1.29, 1.82) is 0 Å². The number of para-hydroxylation sites is 1. The summed E-state index contributed by atoms with van der Waals surface area (Å²) in [5.41, 5.74) is 1.52. The van der Waals surface area contributed by atoms with Crippen LogP contribution in [-0.2, 0) is 4.74 Å². The van der Waals surface area contributed by atoms with Gasteiger partial charge in [0, 0.05) is 31.4 Å². The lowest BCUT2D eigenvalue weighted by Crippen LogP contribution is -2.49. The lowest BCUT2D eigenvalue weighted by Gasteiger charge is -2.35. The summed E-state index contributed by atoms with van der Waals surface area (Å²) in [6.45, 7) is 8.46. The van der Waals surface area contributed by atoms with Crippen LogP contribution in [0, 0.1) is 5.92 Å². The number of carbonyl (C=O) groups is 1. The number of nitrogens with zero attached hydrogens (tertiary/aromatic N) is 3. The maximum atomic E-state index is 13.0. The van der Waals surface area contributed by atoms with Gasteiger partial charge < -0.3 is 10.1 Å². The Labute approximate surface area is 171 Å². The quantitative estimate of drug-likeness (QED) is 0.688. The topological polar surface area (TPSA) is 59.4 Å². The number of nitrogens with one attached hydrogen (secondary N) is 1. The molecule has 0 radical (unpaired) electrons. The van der Waals surface area contributed by atoms with Gasteiger partial charge in [0.2, 0.25) is 0 Å². The van der Waals surface area contributed by atoms with Crippen LogP contribution in [0.1, 0.15) is 30.8 Å². The zero-order valence-electron chi connectivity index (χ0n) is 16.9. The Morgan fingerprint density at radius 1 is 1.25 bits per heavy atom. The molecule has 1 atom stereocenters. The first-order valence-electron chi connectivity index (χ1n) is 9.87. The summed E-state index contributed by atoms with van der Waals surface area (Å²) in [7, 11) is 0. The molecule has 152 valence electrons. The van der Waals surface area contributed by atoms with Gasteiger partial charge >= 0.3 is 0 Å². The van der Waals surface area contributed by atoms with Crippen molar-refractivity contribution in [2.24, 2.45) is 5.92 Å². The molecule has 1 aromatic heterocycles. The number of imidazole rings is 1. The van der Waals surface area contributed by atoms with Gasteiger partial charge in [0.05, 0.1) is 19.4 Å². The average Bonchev–Trinajstić information content (AvgIpc) is 3.16. The molecule has 1 fully saturated rings. The number of hydrogen-bond donors (Lipinski definition) is 1. The Morgan fingerprint density at radius 2 is 1.96 bits per heavy atom. The molecule has 1 N–H and O–H groups in total. The second-order valence-corrected chi connectivity index (χ2v) is 8.22. The van der Waals surface area contributed by atoms with Crippen LogP contribution in [0.2, 0.25) is 0 Å². The third-order valence-electron chi connectivity index (χ3n) is 4.96. The van der Waals surface area contributed by atoms with E-state index in [0.717, 1.165) is 43.6 Å². The number of amides is 1. The number of rotatable bonds is 8. The Kier molecular flexibility index (Phi) is 7.53. The summed E-state index contributed by atoms with van der Waals surface area (Å²) < 4.78 is 7.41. The van der Waals surface area contributed by atoms with Crippen LogP contribution in [0.3, 0.4) is 0 Å². The molecule has 1 saturated heterocycles. The predicted molar refractivity (Wildman–Crippen MR) is 113 cm³/mol. The standard InChI is InChI=1S/C21H30N4O2S/c1-16(2)13-18(24-9-11-27-12-10-24)14-22-20(26)19-15-23-21(28-3)25(19)17-7-5-4-6-8-17/h4-8,15-16,18H,9-14H2,1-3H3,(H,22,26). The summed E-state index contributed by atoms with van der Waals surface area (Å²) in [6.07, 6.45) is 4.69. The molecule has 0 aliphatic carbocycles. The fourth-order valence-corrected chi connectivity index (χ4v) is 4.16. The van der Waals surface area contributed by atoms with E-state index in [-0.39, 0.29) is 5.91 Å². The van der Waals surface area contributed by atoms with Crippen LogP contribution < -0.4 is 5.32 Å². The van der Waals surface area contributed by atoms with Crippen molar-refractivity contribution in [3.63, 3.8) is 0 Å². The van der Waals surface area contributed by atoms with E-state index >= 15 is 0 Å². The lowest BCUT2D eigenvalue weighted by molar-refractivity contribution is 0.0124. The molecule has 0 spiro atoms. The minimum absolute atomic E-state index is 0.0846. The summed E-state index contributed by atoms with van der Waals surface area (Å²) in [6, 6.07) is 10.2. The van der Waals surface area contributed by atoms with E-state index in [0.29, 0.717) is 24.2 Å². The fourth-order valence-electron chi connectivity index (χ4n) is 3.61. The van der Waals surface area contributed by atoms with Gasteiger partial charge in [0.1, 0.15) is 5.69 Å². The molecule has 6 nitrogen and oxygen atoms in total. The van der Waals surface area contributed by atoms with Gasteiger partial charge in [-0.15, -0.1) is 0 Å². The molecule has 1 aromatic carbocycles. The highest BCUT2D eigenvalue weighted by molar-refractivity contribution is 7.98. The first kappa shape index (κ1) is 20.9. The molecule has 3 rings (SSSR count). The third-order valence-corrected chi connectivity index (χ3v) is 5.62. The Balaban J connectivity index is 1.74. The molecule has 7 heteroatoms. The van der Waals surface area contributed by atoms with Gasteiger partial charge in [-0.3, -0.25) is 14.3 Å². The molecule has 2 heterocycles. The van der Waals surface area contributed by atoms with Crippen LogP contribution >= 0.6 is 11.8 Å². The smallest absolute Gasteiger partial charge is 0.270 e. The minimum Gasteiger partial charge on any atom is -0.379 e. The Morgan fingerprint density at radius 3 is 2.61 bits per heavy atom. The summed E-state index contributed by atoms with van der Waals surface area (Å²) in [5.74, 6) is 0.487. The Bertz CT molecular complexity index is 757. The zero-order valence-corrected chi connectivity index (χ0v) is 17.7. The van der Waals surface area contributed by atoms with Crippen LogP contribution in [0.5, 0.6) is 0 Å².